The summed E-state index contributed by atoms with van der Waals surface area (Å²) in [6.07, 6.45) is -34.1. The molecule has 0 amide bonds. The maximum atomic E-state index is 15.4. The average Bonchev–Trinajstić information content (AvgIpc) is 0.858. The third-order valence-corrected chi connectivity index (χ3v) is 23.2. The molecule has 37 heteroatoms. The summed E-state index contributed by atoms with van der Waals surface area (Å²) < 4.78 is 207. The van der Waals surface area contributed by atoms with Gasteiger partial charge in [-0.2, -0.15) is 26.3 Å². The normalized spacial score (nSPS) is 30.5. The van der Waals surface area contributed by atoms with Gasteiger partial charge in [-0.3, -0.25) is 57.5 Å². The Morgan fingerprint density at radius 2 is 0.576 bits per heavy atom. The molecule has 14 N–H and O–H groups in total. The second-order valence-corrected chi connectivity index (χ2v) is 30.3. The zero-order valence-electron chi connectivity index (χ0n) is 76.6. The number of alkyl halides is 6. The molecule has 0 radical (unpaired) electrons. The molecule has 18 atom stereocenters. The van der Waals surface area contributed by atoms with Crippen LogP contribution in [0.4, 0.5) is 26.3 Å². The SMILES string of the molecule is [2H]CC(=O)C(O)[C@H]1OC(c2cccc(-c3c4nc(c(-c5cccc(C6O[C@H](C(O)C(=O)C[2H])[C@](O)(C(=O)C[2H])[C@@](O)(C(=O)C[2H])[C@@]6(O)C(=O)C[2H])c5)c5ccc([nH]5)c(-c5cc(C(F)(F)F)cc(C(F)(F)F)c5)c5nc(c(-c6cccc(C7O[C@H](C(O)C(=O)C[2H])[C@](O)(C(=O)C[2H])[C@@](O)(C(=O)C[2H])[C@@]7(O)C(=O)C[2H])c6)c6ccc3[nH]6)C=C5)C=C4)c2)[C@](O)(C(=O)C[2H])[C@](O)(C(=O)C[2H])[C@@]1(O)C(=O)C[2H]. The summed E-state index contributed by atoms with van der Waals surface area (Å²) in [6, 6.07) is 16.9. The number of Topliss-reactive ketones (excluding diaryl/α,β-unsaturated/α-hetero) is 12. The third kappa shape index (κ3) is 13.5. The number of hydrogen-bond donors (Lipinski definition) is 14. The van der Waals surface area contributed by atoms with E-state index in [0.29, 0.717) is 0 Å². The molecular weight excluding hydrogens is 1660 g/mol. The molecule has 125 heavy (non-hydrogen) atoms. The molecule has 5 aliphatic heterocycles. The topological polar surface area (TPSA) is 533 Å². The lowest BCUT2D eigenvalue weighted by molar-refractivity contribution is -0.329. The number of H-pyrrole nitrogens is 2. The van der Waals surface area contributed by atoms with Crippen LogP contribution in [0, 0.1) is 0 Å². The zero-order valence-corrected chi connectivity index (χ0v) is 64.6. The fraction of sp³-hybridized carbons (Fsp3) is 0.364. The molecule has 8 heterocycles. The van der Waals surface area contributed by atoms with Crippen LogP contribution < -0.4 is 0 Å². The Kier molecular flexibility index (Phi) is 19.5. The molecule has 0 aliphatic carbocycles. The van der Waals surface area contributed by atoms with E-state index in [1.54, 1.807) is 0 Å². The molecule has 3 fully saturated rings. The summed E-state index contributed by atoms with van der Waals surface area (Å²) in [6.45, 7) is -20.1. The lowest BCUT2D eigenvalue weighted by atomic mass is 9.57. The molecule has 4 aromatic carbocycles. The van der Waals surface area contributed by atoms with Crippen molar-refractivity contribution in [2.24, 2.45) is 0 Å². The standard InChI is InChI=1S/C88H82F6N4O27/c1-36(99)69(111)75-81(117,42(7)105)84(120,45(10)108)78(114,39(4)102)72(123-75)51-19-13-16-48(30-51)65-57-22-24-59(95-57)66(49-17-14-20-52(31-49)73-79(115,40(5)103)85(121,46(11)109)82(118,43(8)106)76(124-73)70(112)37(2)100)61-26-28-63(97-61)68(54-33-55(87(89,90)91)35-56(34-54)88(92,93)94)64-29-27-62(98-64)67(60-25-23-58(65)96-60)50-18-15-21-53(32-50)74-80(116,41(6)104)86(122,47(12)110)83(119,44(9)107)77(125-74)71(113)38(3)101/h13-35,69-77,95,98,111-122H,1-12H3/t69?,70?,71?,72?,73?,74?,75-,76-,77-,78-,79-,80-,81-,82-,83-,84-,85-,86-/m1/s1/i1D,2D,3D,4D,5D,6D,7D,8D,9D,10D,11D,12D. The van der Waals surface area contributed by atoms with Gasteiger partial charge in [-0.15, -0.1) is 0 Å². The number of aliphatic hydroxyl groups is 12. The van der Waals surface area contributed by atoms with Crippen LogP contribution >= 0.6 is 0 Å². The number of aromatic amines is 2. The van der Waals surface area contributed by atoms with Crippen LogP contribution in [0.25, 0.3) is 90.9 Å². The van der Waals surface area contributed by atoms with E-state index in [1.807, 2.05) is 0 Å². The van der Waals surface area contributed by atoms with E-state index < -0.39 is 365 Å². The smallest absolute Gasteiger partial charge is 0.382 e. The summed E-state index contributed by atoms with van der Waals surface area (Å²) >= 11 is 0. The number of nitrogens with one attached hydrogen (secondary N) is 2. The van der Waals surface area contributed by atoms with E-state index in [-0.39, 0.29) is 40.4 Å². The number of hydrogen-bond acceptors (Lipinski definition) is 29. The van der Waals surface area contributed by atoms with Crippen LogP contribution in [0.15, 0.2) is 115 Å². The van der Waals surface area contributed by atoms with Gasteiger partial charge >= 0.3 is 12.4 Å². The van der Waals surface area contributed by atoms with Crippen LogP contribution in [0.1, 0.15) is 168 Å². The average molecular weight is 1750 g/mol. The summed E-state index contributed by atoms with van der Waals surface area (Å²) in [5.74, 6) is -23.7. The largest absolute Gasteiger partial charge is 0.416 e. The number of benzene rings is 4. The number of carbonyl (C=O) groups excluding carboxylic acids is 12. The number of halogens is 6. The molecule has 658 valence electrons. The molecule has 6 unspecified atom stereocenters. The molecule has 7 aromatic rings. The van der Waals surface area contributed by atoms with Gasteiger partial charge < -0.3 is 85.5 Å². The molecule has 31 nitrogen and oxygen atoms in total. The Morgan fingerprint density at radius 3 is 0.808 bits per heavy atom. The first-order valence-corrected chi connectivity index (χ1v) is 36.5. The minimum Gasteiger partial charge on any atom is -0.382 e. The monoisotopic (exact) mass is 1750 g/mol. The predicted octanol–water partition coefficient (Wildman–Crippen LogP) is 5.41. The number of aliphatic hydroxyl groups excluding tert-OH is 3. The van der Waals surface area contributed by atoms with Crippen molar-refractivity contribution in [2.75, 3.05) is 0 Å². The second kappa shape index (κ2) is 31.6. The number of aromatic nitrogens is 4. The molecular formula is C88H82F6N4O27. The third-order valence-electron chi connectivity index (χ3n) is 23.2. The second-order valence-electron chi connectivity index (χ2n) is 30.3. The number of fused-ring (bicyclic) bond motifs is 8. The van der Waals surface area contributed by atoms with Gasteiger partial charge in [0, 0.05) is 60.8 Å². The first-order valence-electron chi connectivity index (χ1n) is 45.0. The fourth-order valence-electron chi connectivity index (χ4n) is 17.0. The van der Waals surface area contributed by atoms with Crippen LogP contribution in [0.3, 0.4) is 0 Å². The number of rotatable bonds is 22. The van der Waals surface area contributed by atoms with Gasteiger partial charge in [0.05, 0.1) is 33.9 Å². The van der Waals surface area contributed by atoms with E-state index in [4.69, 9.17) is 40.6 Å². The summed E-state index contributed by atoms with van der Waals surface area (Å²) in [5, 5.41) is 151. The lowest BCUT2D eigenvalue weighted by Crippen LogP contribution is -2.85. The Bertz CT molecular complexity index is 6220. The highest BCUT2D eigenvalue weighted by atomic mass is 19.4. The maximum Gasteiger partial charge on any atom is 0.416 e. The van der Waals surface area contributed by atoms with Gasteiger partial charge in [-0.05, 0) is 207 Å². The van der Waals surface area contributed by atoms with E-state index in [1.165, 1.54) is 18.2 Å². The maximum absolute atomic E-state index is 15.4. The highest BCUT2D eigenvalue weighted by Gasteiger charge is 2.82. The molecule has 8 bridgehead atoms. The highest BCUT2D eigenvalue weighted by Crippen LogP contribution is 2.58. The van der Waals surface area contributed by atoms with Crippen molar-refractivity contribution in [3.05, 3.63) is 166 Å². The number of ether oxygens (including phenoxy) is 3. The minimum atomic E-state index is -5.62. The molecule has 5 aliphatic rings. The van der Waals surface area contributed by atoms with Crippen LogP contribution in [-0.2, 0) is 84.1 Å². The van der Waals surface area contributed by atoms with Gasteiger partial charge in [-0.1, -0.05) is 54.6 Å². The first-order chi connectivity index (χ1) is 64.3. The zero-order chi connectivity index (χ0) is 101. The van der Waals surface area contributed by atoms with Gasteiger partial charge in [0.15, 0.2) is 120 Å². The molecule has 3 aromatic heterocycles. The lowest BCUT2D eigenvalue weighted by Gasteiger charge is -2.58. The molecule has 3 saturated heterocycles. The van der Waals surface area contributed by atoms with Crippen molar-refractivity contribution in [3.63, 3.8) is 0 Å². The molecule has 0 saturated carbocycles. The minimum absolute atomic E-state index is 0.236. The predicted molar refractivity (Wildman–Crippen MR) is 424 cm³/mol. The number of ketones is 12. The van der Waals surface area contributed by atoms with Crippen molar-refractivity contribution in [1.29, 1.82) is 0 Å². The van der Waals surface area contributed by atoms with Crippen molar-refractivity contribution >= 4 is 116 Å². The van der Waals surface area contributed by atoms with E-state index in [2.05, 4.69) is 9.97 Å². The van der Waals surface area contributed by atoms with Gasteiger partial charge in [0.25, 0.3) is 0 Å². The van der Waals surface area contributed by atoms with Crippen molar-refractivity contribution < 1.29 is 176 Å². The van der Waals surface area contributed by atoms with E-state index >= 15 is 26.3 Å². The summed E-state index contributed by atoms with van der Waals surface area (Å²) in [5.41, 5.74) is -53.1. The van der Waals surface area contributed by atoms with Gasteiger partial charge in [-0.25, -0.2) is 9.97 Å². The van der Waals surface area contributed by atoms with Crippen molar-refractivity contribution in [2.45, 2.75) is 200 Å². The van der Waals surface area contributed by atoms with E-state index in [0.717, 1.165) is 103 Å². The fourth-order valence-corrected chi connectivity index (χ4v) is 17.0. The molecule has 12 rings (SSSR count). The molecule has 0 spiro atoms. The quantitative estimate of drug-likeness (QED) is 0.0377. The highest BCUT2D eigenvalue weighted by molar-refractivity contribution is 6.10. The van der Waals surface area contributed by atoms with Gasteiger partial charge in [0.1, 0.15) is 54.9 Å². The summed E-state index contributed by atoms with van der Waals surface area (Å²) in [7, 11) is 0. The Labute approximate surface area is 720 Å². The van der Waals surface area contributed by atoms with Crippen LogP contribution in [0.5, 0.6) is 0 Å². The van der Waals surface area contributed by atoms with Gasteiger partial charge in [0.2, 0.25) is 0 Å². The van der Waals surface area contributed by atoms with Crippen molar-refractivity contribution in [1.82, 2.24) is 19.9 Å². The van der Waals surface area contributed by atoms with Crippen LogP contribution in [0.2, 0.25) is 0 Å². The Hall–Kier alpha value is -11.5. The Balaban J connectivity index is 1.28. The van der Waals surface area contributed by atoms with E-state index in [9.17, 15) is 119 Å². The van der Waals surface area contributed by atoms with Crippen molar-refractivity contribution in [3.8, 4) is 44.5 Å². The van der Waals surface area contributed by atoms with Crippen LogP contribution in [-0.4, -0.2) is 238 Å². The number of nitrogens with zero attached hydrogens (tertiary/aromatic N) is 2. The number of carbonyl (C=O) groups is 12. The summed E-state index contributed by atoms with van der Waals surface area (Å²) in [4.78, 5) is 186. The Morgan fingerprint density at radius 1 is 0.336 bits per heavy atom. The first kappa shape index (κ1) is 77.1.